The number of nitrogens with zero attached hydrogens (tertiary/aromatic N) is 1. The van der Waals surface area contributed by atoms with Crippen molar-refractivity contribution in [2.75, 3.05) is 33.8 Å². The van der Waals surface area contributed by atoms with E-state index in [1.54, 1.807) is 0 Å². The zero-order chi connectivity index (χ0) is 12.4. The Bertz CT molecular complexity index is 186. The molecule has 0 aliphatic rings. The summed E-state index contributed by atoms with van der Waals surface area (Å²) in [6.07, 6.45) is 3.66. The van der Waals surface area contributed by atoms with E-state index in [0.717, 1.165) is 13.1 Å². The second-order valence-corrected chi connectivity index (χ2v) is 4.10. The van der Waals surface area contributed by atoms with Gasteiger partial charge in [-0.05, 0) is 26.6 Å². The van der Waals surface area contributed by atoms with Crippen LogP contribution in [0.1, 0.15) is 33.1 Å². The van der Waals surface area contributed by atoms with Gasteiger partial charge in [0.15, 0.2) is 0 Å². The molecule has 4 heteroatoms. The third-order valence-corrected chi connectivity index (χ3v) is 2.57. The first kappa shape index (κ1) is 15.4. The summed E-state index contributed by atoms with van der Waals surface area (Å²) in [6, 6.07) is -0.207. The van der Waals surface area contributed by atoms with Crippen LogP contribution in [0.2, 0.25) is 0 Å². The van der Waals surface area contributed by atoms with Gasteiger partial charge < -0.3 is 15.0 Å². The Kier molecular flexibility index (Phi) is 9.24. The van der Waals surface area contributed by atoms with Crippen molar-refractivity contribution in [3.63, 3.8) is 0 Å². The minimum atomic E-state index is -0.207. The van der Waals surface area contributed by atoms with Crippen LogP contribution in [0.5, 0.6) is 0 Å². The van der Waals surface area contributed by atoms with E-state index in [0.29, 0.717) is 6.54 Å². The third kappa shape index (κ3) is 6.80. The number of carbonyl (C=O) groups excluding carboxylic acids is 1. The lowest BCUT2D eigenvalue weighted by atomic mass is 10.2. The van der Waals surface area contributed by atoms with Gasteiger partial charge in [0.2, 0.25) is 0 Å². The molecule has 0 heterocycles. The average molecular weight is 230 g/mol. The smallest absolute Gasteiger partial charge is 0.324 e. The normalized spacial score (nSPS) is 12.8. The fourth-order valence-corrected chi connectivity index (χ4v) is 1.65. The monoisotopic (exact) mass is 230 g/mol. The van der Waals surface area contributed by atoms with E-state index in [-0.39, 0.29) is 12.0 Å². The molecule has 0 radical (unpaired) electrons. The molecule has 0 aromatic carbocycles. The first-order chi connectivity index (χ1) is 7.65. The average Bonchev–Trinajstić information content (AvgIpc) is 2.28. The molecule has 0 aromatic heterocycles. The second-order valence-electron chi connectivity index (χ2n) is 4.10. The predicted molar refractivity (Wildman–Crippen MR) is 66.5 cm³/mol. The van der Waals surface area contributed by atoms with Crippen molar-refractivity contribution in [1.29, 1.82) is 0 Å². The minimum Gasteiger partial charge on any atom is -0.468 e. The molecule has 0 fully saturated rings. The summed E-state index contributed by atoms with van der Waals surface area (Å²) in [4.78, 5) is 13.6. The highest BCUT2D eigenvalue weighted by molar-refractivity contribution is 5.75. The predicted octanol–water partition coefficient (Wildman–Crippen LogP) is 1.26. The number of hydrogen-bond donors (Lipinski definition) is 1. The zero-order valence-electron chi connectivity index (χ0n) is 11.1. The molecule has 1 unspecified atom stereocenters. The summed E-state index contributed by atoms with van der Waals surface area (Å²) in [5, 5.41) is 3.14. The van der Waals surface area contributed by atoms with Crippen molar-refractivity contribution in [2.45, 2.75) is 39.2 Å². The van der Waals surface area contributed by atoms with Crippen LogP contribution in [0.3, 0.4) is 0 Å². The molecule has 16 heavy (non-hydrogen) atoms. The topological polar surface area (TPSA) is 41.6 Å². The SMILES string of the molecule is CCCCCN(C)CC(NCC)C(=O)OC. The van der Waals surface area contributed by atoms with Gasteiger partial charge >= 0.3 is 5.97 Å². The minimum absolute atomic E-state index is 0.177. The van der Waals surface area contributed by atoms with Crippen molar-refractivity contribution in [1.82, 2.24) is 10.2 Å². The quantitative estimate of drug-likeness (QED) is 0.478. The molecule has 0 aromatic rings. The van der Waals surface area contributed by atoms with Gasteiger partial charge in [0.25, 0.3) is 0 Å². The van der Waals surface area contributed by atoms with Crippen LogP contribution >= 0.6 is 0 Å². The molecule has 1 N–H and O–H groups in total. The number of likely N-dealkylation sites (N-methyl/N-ethyl adjacent to an activating group) is 2. The third-order valence-electron chi connectivity index (χ3n) is 2.57. The first-order valence-corrected chi connectivity index (χ1v) is 6.15. The van der Waals surface area contributed by atoms with E-state index < -0.39 is 0 Å². The molecule has 0 saturated carbocycles. The summed E-state index contributed by atoms with van der Waals surface area (Å²) in [7, 11) is 3.48. The van der Waals surface area contributed by atoms with Gasteiger partial charge in [0.05, 0.1) is 7.11 Å². The number of esters is 1. The van der Waals surface area contributed by atoms with E-state index in [9.17, 15) is 4.79 Å². The Hall–Kier alpha value is -0.610. The van der Waals surface area contributed by atoms with E-state index in [1.165, 1.54) is 26.4 Å². The maximum Gasteiger partial charge on any atom is 0.324 e. The molecule has 0 aliphatic heterocycles. The summed E-state index contributed by atoms with van der Waals surface area (Å²) < 4.78 is 4.76. The van der Waals surface area contributed by atoms with Crippen molar-refractivity contribution in [3.8, 4) is 0 Å². The Labute approximate surface area is 99.3 Å². The molecule has 0 rings (SSSR count). The number of unbranched alkanes of at least 4 members (excludes halogenated alkanes) is 2. The van der Waals surface area contributed by atoms with Crippen molar-refractivity contribution < 1.29 is 9.53 Å². The van der Waals surface area contributed by atoms with E-state index in [4.69, 9.17) is 4.74 Å². The van der Waals surface area contributed by atoms with Crippen molar-refractivity contribution in [2.24, 2.45) is 0 Å². The van der Waals surface area contributed by atoms with Crippen molar-refractivity contribution >= 4 is 5.97 Å². The number of carbonyl (C=O) groups is 1. The molecule has 0 saturated heterocycles. The van der Waals surface area contributed by atoms with Crippen LogP contribution < -0.4 is 5.32 Å². The molecule has 0 aliphatic carbocycles. The zero-order valence-corrected chi connectivity index (χ0v) is 11.1. The van der Waals surface area contributed by atoms with Gasteiger partial charge in [-0.1, -0.05) is 26.7 Å². The molecular weight excluding hydrogens is 204 g/mol. The van der Waals surface area contributed by atoms with Gasteiger partial charge in [0.1, 0.15) is 6.04 Å². The van der Waals surface area contributed by atoms with E-state index in [1.807, 2.05) is 14.0 Å². The number of ether oxygens (including phenoxy) is 1. The van der Waals surface area contributed by atoms with Gasteiger partial charge in [-0.15, -0.1) is 0 Å². The lowest BCUT2D eigenvalue weighted by Crippen LogP contribution is -2.45. The van der Waals surface area contributed by atoms with Gasteiger partial charge in [-0.3, -0.25) is 4.79 Å². The highest BCUT2D eigenvalue weighted by Crippen LogP contribution is 1.98. The maximum atomic E-state index is 11.5. The number of rotatable bonds is 9. The second kappa shape index (κ2) is 9.60. The summed E-state index contributed by atoms with van der Waals surface area (Å²) in [6.45, 7) is 6.71. The van der Waals surface area contributed by atoms with Crippen molar-refractivity contribution in [3.05, 3.63) is 0 Å². The Morgan fingerprint density at radius 3 is 2.56 bits per heavy atom. The lowest BCUT2D eigenvalue weighted by Gasteiger charge is -2.22. The van der Waals surface area contributed by atoms with Crippen LogP contribution in [-0.4, -0.2) is 50.7 Å². The molecular formula is C12H26N2O2. The maximum absolute atomic E-state index is 11.5. The van der Waals surface area contributed by atoms with Crippen LogP contribution in [-0.2, 0) is 9.53 Å². The van der Waals surface area contributed by atoms with Crippen LogP contribution in [0.25, 0.3) is 0 Å². The molecule has 0 amide bonds. The summed E-state index contributed by atoms with van der Waals surface area (Å²) in [5.74, 6) is -0.177. The van der Waals surface area contributed by atoms with Crippen LogP contribution in [0, 0.1) is 0 Å². The van der Waals surface area contributed by atoms with Crippen LogP contribution in [0.4, 0.5) is 0 Å². The standard InChI is InChI=1S/C12H26N2O2/c1-5-7-8-9-14(3)10-11(13-6-2)12(15)16-4/h11,13H,5-10H2,1-4H3. The molecule has 1 atom stereocenters. The number of hydrogen-bond acceptors (Lipinski definition) is 4. The summed E-state index contributed by atoms with van der Waals surface area (Å²) in [5.41, 5.74) is 0. The van der Waals surface area contributed by atoms with Gasteiger partial charge in [0, 0.05) is 6.54 Å². The first-order valence-electron chi connectivity index (χ1n) is 6.15. The molecule has 0 bridgehead atoms. The Balaban J connectivity index is 3.92. The van der Waals surface area contributed by atoms with E-state index >= 15 is 0 Å². The summed E-state index contributed by atoms with van der Waals surface area (Å²) >= 11 is 0. The van der Waals surface area contributed by atoms with E-state index in [2.05, 4.69) is 17.1 Å². The van der Waals surface area contributed by atoms with Crippen LogP contribution in [0.15, 0.2) is 0 Å². The molecule has 4 nitrogen and oxygen atoms in total. The lowest BCUT2D eigenvalue weighted by molar-refractivity contribution is -0.143. The number of methoxy groups -OCH3 is 1. The van der Waals surface area contributed by atoms with Gasteiger partial charge in [-0.2, -0.15) is 0 Å². The fraction of sp³-hybridized carbons (Fsp3) is 0.917. The van der Waals surface area contributed by atoms with Gasteiger partial charge in [-0.25, -0.2) is 0 Å². The fourth-order valence-electron chi connectivity index (χ4n) is 1.65. The number of nitrogens with one attached hydrogen (secondary N) is 1. The highest BCUT2D eigenvalue weighted by Gasteiger charge is 2.19. The Morgan fingerprint density at radius 1 is 1.38 bits per heavy atom. The molecule has 0 spiro atoms. The Morgan fingerprint density at radius 2 is 2.06 bits per heavy atom. The highest BCUT2D eigenvalue weighted by atomic mass is 16.5. The largest absolute Gasteiger partial charge is 0.468 e. The molecule has 96 valence electrons.